The molecule has 0 bridgehead atoms. The molecule has 0 heterocycles. The molecule has 0 unspecified atom stereocenters. The van der Waals surface area contributed by atoms with Crippen LogP contribution in [-0.4, -0.2) is 124 Å². The molecule has 0 spiro atoms. The average molecular weight is 718 g/mol. The Morgan fingerprint density at radius 1 is 0.500 bits per heavy atom. The zero-order valence-corrected chi connectivity index (χ0v) is 27.8. The van der Waals surface area contributed by atoms with Gasteiger partial charge in [-0.15, -0.1) is 0 Å². The number of amides is 6. The van der Waals surface area contributed by atoms with Gasteiger partial charge in [-0.1, -0.05) is 0 Å². The van der Waals surface area contributed by atoms with Crippen molar-refractivity contribution in [1.82, 2.24) is 31.9 Å². The first-order chi connectivity index (χ1) is 23.4. The molecule has 50 heavy (non-hydrogen) atoms. The van der Waals surface area contributed by atoms with E-state index in [0.29, 0.717) is 19.3 Å². The fourth-order valence-corrected chi connectivity index (χ4v) is 4.39. The number of likely N-dealkylation sites (N-methyl/N-ethyl adjacent to an activating group) is 1. The summed E-state index contributed by atoms with van der Waals surface area (Å²) in [6, 6.07) is -6.57. The molecule has 0 aromatic heterocycles. The van der Waals surface area contributed by atoms with Gasteiger partial charge in [-0.05, 0) is 52.0 Å². The smallest absolute Gasteiger partial charge is 0.326 e. The molecule has 0 saturated heterocycles. The number of carbonyl (C=O) groups is 10. The van der Waals surface area contributed by atoms with Crippen molar-refractivity contribution >= 4 is 59.3 Å². The van der Waals surface area contributed by atoms with Crippen LogP contribution in [0.15, 0.2) is 0 Å². The molecule has 12 N–H and O–H groups in total. The van der Waals surface area contributed by atoms with Crippen LogP contribution in [0.1, 0.15) is 77.6 Å². The van der Waals surface area contributed by atoms with Crippen molar-refractivity contribution in [3.8, 4) is 0 Å². The number of unbranched alkanes of at least 4 members (excludes halogenated alkanes) is 1. The normalized spacial score (nSPS) is 13.6. The number of aliphatic carboxylic acids is 4. The number of carboxylic acids is 4. The second-order valence-electron chi connectivity index (χ2n) is 11.2. The summed E-state index contributed by atoms with van der Waals surface area (Å²) in [6.45, 7) is 1.34. The molecule has 282 valence electrons. The lowest BCUT2D eigenvalue weighted by atomic mass is 10.1. The highest BCUT2D eigenvalue weighted by atomic mass is 16.4. The third kappa shape index (κ3) is 20.1. The predicted octanol–water partition coefficient (Wildman–Crippen LogP) is -3.24. The molecule has 0 aromatic rings. The van der Waals surface area contributed by atoms with Gasteiger partial charge >= 0.3 is 23.9 Å². The van der Waals surface area contributed by atoms with Crippen molar-refractivity contribution in [2.75, 3.05) is 13.6 Å². The molecule has 0 aromatic carbocycles. The fraction of sp³-hybridized carbons (Fsp3) is 0.655. The highest BCUT2D eigenvalue weighted by Crippen LogP contribution is 2.06. The monoisotopic (exact) mass is 717 g/mol. The van der Waals surface area contributed by atoms with Crippen molar-refractivity contribution in [3.05, 3.63) is 0 Å². The van der Waals surface area contributed by atoms with Crippen LogP contribution >= 0.6 is 0 Å². The number of carbonyl (C=O) groups excluding carboxylic acids is 6. The minimum atomic E-state index is -1.62. The molecule has 21 nitrogen and oxygen atoms in total. The summed E-state index contributed by atoms with van der Waals surface area (Å²) in [6.07, 6.45) is -1.79. The molecule has 0 saturated carbocycles. The molecule has 5 atom stereocenters. The van der Waals surface area contributed by atoms with E-state index in [1.807, 2.05) is 0 Å². The molecule has 6 amide bonds. The maximum atomic E-state index is 12.4. The van der Waals surface area contributed by atoms with E-state index in [1.165, 1.54) is 0 Å². The van der Waals surface area contributed by atoms with Crippen LogP contribution in [0.5, 0.6) is 0 Å². The van der Waals surface area contributed by atoms with Gasteiger partial charge < -0.3 is 58.1 Å². The Hall–Kier alpha value is -5.34. The second kappa shape index (κ2) is 23.9. The van der Waals surface area contributed by atoms with Crippen LogP contribution in [0, 0.1) is 0 Å². The van der Waals surface area contributed by atoms with Gasteiger partial charge in [0.1, 0.15) is 24.2 Å². The van der Waals surface area contributed by atoms with Crippen molar-refractivity contribution in [2.24, 2.45) is 5.73 Å². The average Bonchev–Trinajstić information content (AvgIpc) is 3.02. The van der Waals surface area contributed by atoms with Gasteiger partial charge in [0.15, 0.2) is 0 Å². The quantitative estimate of drug-likeness (QED) is 0.0372. The van der Waals surface area contributed by atoms with E-state index in [2.05, 4.69) is 31.9 Å². The Bertz CT molecular complexity index is 1240. The van der Waals surface area contributed by atoms with Gasteiger partial charge in [-0.25, -0.2) is 19.2 Å². The summed E-state index contributed by atoms with van der Waals surface area (Å²) in [5.41, 5.74) is 5.23. The minimum Gasteiger partial charge on any atom is -0.480 e. The number of hydrogen-bond acceptors (Lipinski definition) is 11. The molecule has 0 radical (unpaired) electrons. The summed E-state index contributed by atoms with van der Waals surface area (Å²) >= 11 is 0. The Morgan fingerprint density at radius 2 is 0.840 bits per heavy atom. The van der Waals surface area contributed by atoms with E-state index >= 15 is 0 Å². The van der Waals surface area contributed by atoms with Gasteiger partial charge in [0, 0.05) is 39.2 Å². The van der Waals surface area contributed by atoms with E-state index < -0.39 is 122 Å². The molecule has 0 aliphatic heterocycles. The van der Waals surface area contributed by atoms with E-state index in [9.17, 15) is 63.3 Å². The SMILES string of the molecule is CN[C@@H](CCCCNC(=O)CC[C@H](NC(=O)CC[C@H](NC(=O)CC[C@H](NC(=O)CC[C@H](NC(C)=O)C(=O)O)C(=O)O)C(=O)O)C(=O)O)C(N)=O. The Labute approximate surface area is 286 Å². The third-order valence-electron chi connectivity index (χ3n) is 7.15. The topological polar surface area (TPSA) is 350 Å². The number of hydrogen-bond donors (Lipinski definition) is 11. The molecular weight excluding hydrogens is 670 g/mol. The molecule has 21 heteroatoms. The van der Waals surface area contributed by atoms with Crippen molar-refractivity contribution < 1.29 is 68.4 Å². The first-order valence-electron chi connectivity index (χ1n) is 15.7. The van der Waals surface area contributed by atoms with E-state index in [0.717, 1.165) is 6.92 Å². The van der Waals surface area contributed by atoms with Gasteiger partial charge in [-0.3, -0.25) is 28.8 Å². The zero-order valence-electron chi connectivity index (χ0n) is 27.8. The summed E-state index contributed by atoms with van der Waals surface area (Å²) in [5, 5.41) is 51.3. The minimum absolute atomic E-state index is 0.247. The molecule has 0 aliphatic rings. The van der Waals surface area contributed by atoms with Gasteiger partial charge in [0.05, 0.1) is 6.04 Å². The summed E-state index contributed by atoms with van der Waals surface area (Å²) in [4.78, 5) is 117. The van der Waals surface area contributed by atoms with Crippen LogP contribution in [0.25, 0.3) is 0 Å². The lowest BCUT2D eigenvalue weighted by molar-refractivity contribution is -0.144. The number of primary amides is 1. The molecule has 0 fully saturated rings. The zero-order chi connectivity index (χ0) is 38.4. The molecular formula is C29H47N7O14. The highest BCUT2D eigenvalue weighted by Gasteiger charge is 2.27. The number of rotatable bonds is 27. The third-order valence-corrected chi connectivity index (χ3v) is 7.15. The fourth-order valence-electron chi connectivity index (χ4n) is 4.39. The van der Waals surface area contributed by atoms with E-state index in [4.69, 9.17) is 10.8 Å². The lowest BCUT2D eigenvalue weighted by Gasteiger charge is -2.18. The lowest BCUT2D eigenvalue weighted by Crippen LogP contribution is -2.45. The van der Waals surface area contributed by atoms with Crippen molar-refractivity contribution in [3.63, 3.8) is 0 Å². The van der Waals surface area contributed by atoms with E-state index in [1.54, 1.807) is 7.05 Å². The van der Waals surface area contributed by atoms with Crippen LogP contribution in [0.3, 0.4) is 0 Å². The van der Waals surface area contributed by atoms with Crippen LogP contribution in [0.4, 0.5) is 0 Å². The van der Waals surface area contributed by atoms with Crippen LogP contribution < -0.4 is 37.6 Å². The summed E-state index contributed by atoms with van der Waals surface area (Å²) < 4.78 is 0. The van der Waals surface area contributed by atoms with Crippen molar-refractivity contribution in [1.29, 1.82) is 0 Å². The second-order valence-corrected chi connectivity index (χ2v) is 11.2. The standard InChI is InChI=1S/C29H47N7O14/c1-15(37)33-17(26(43)44)7-11-22(39)35-19(28(47)48)9-13-24(41)36-20(29(49)50)8-12-23(40)34-18(27(45)46)6-10-21(38)32-14-4-3-5-16(31-2)25(30)42/h16-20,31H,3-14H2,1-2H3,(H2,30,42)(H,32,38)(H,33,37)(H,34,40)(H,35,39)(H,36,41)(H,43,44)(H,45,46)(H,47,48)(H,49,50)/t16-,17-,18-,19-,20-/m0/s1. The Balaban J connectivity index is 4.79. The maximum Gasteiger partial charge on any atom is 0.326 e. The largest absolute Gasteiger partial charge is 0.480 e. The Kier molecular flexibility index (Phi) is 21.3. The van der Waals surface area contributed by atoms with E-state index in [-0.39, 0.29) is 25.8 Å². The number of nitrogens with one attached hydrogen (secondary N) is 6. The summed E-state index contributed by atoms with van der Waals surface area (Å²) in [7, 11) is 1.59. The van der Waals surface area contributed by atoms with Gasteiger partial charge in [0.25, 0.3) is 0 Å². The number of carboxylic acid groups (broad SMARTS) is 4. The first-order valence-corrected chi connectivity index (χ1v) is 15.7. The Morgan fingerprint density at radius 3 is 1.14 bits per heavy atom. The number of nitrogens with two attached hydrogens (primary N) is 1. The predicted molar refractivity (Wildman–Crippen MR) is 170 cm³/mol. The van der Waals surface area contributed by atoms with Gasteiger partial charge in [0.2, 0.25) is 35.4 Å². The molecule has 0 aliphatic carbocycles. The maximum absolute atomic E-state index is 12.4. The van der Waals surface area contributed by atoms with Gasteiger partial charge in [-0.2, -0.15) is 0 Å². The van der Waals surface area contributed by atoms with Crippen molar-refractivity contribution in [2.45, 2.75) is 108 Å². The van der Waals surface area contributed by atoms with Crippen LogP contribution in [0.2, 0.25) is 0 Å². The van der Waals surface area contributed by atoms with Crippen LogP contribution in [-0.2, 0) is 47.9 Å². The highest BCUT2D eigenvalue weighted by molar-refractivity contribution is 5.88. The molecule has 0 rings (SSSR count). The summed E-state index contributed by atoms with van der Waals surface area (Å²) in [5.74, 6) is -10.2. The first kappa shape index (κ1) is 44.7.